The van der Waals surface area contributed by atoms with Crippen LogP contribution < -0.4 is 5.43 Å². The average molecular weight is 129 g/mol. The van der Waals surface area contributed by atoms with E-state index < -0.39 is 0 Å². The topological polar surface area (TPSA) is 36.9 Å². The highest BCUT2D eigenvalue weighted by Gasteiger charge is 2.11. The fourth-order valence-corrected chi connectivity index (χ4v) is 0.720. The maximum absolute atomic E-state index is 4.87. The van der Waals surface area contributed by atoms with Gasteiger partial charge in [-0.1, -0.05) is 0 Å². The van der Waals surface area contributed by atoms with Gasteiger partial charge in [-0.15, -0.1) is 0 Å². The van der Waals surface area contributed by atoms with E-state index in [4.69, 9.17) is 4.74 Å². The Bertz CT molecular complexity index is 115. The van der Waals surface area contributed by atoms with Crippen molar-refractivity contribution in [2.24, 2.45) is 4.99 Å². The van der Waals surface area contributed by atoms with Crippen molar-refractivity contribution in [1.82, 2.24) is 10.4 Å². The lowest BCUT2D eigenvalue weighted by Gasteiger charge is -2.10. The molecule has 0 amide bonds. The number of aliphatic imine (C=N–C) groups is 1. The molecule has 1 N–H and O–H groups in total. The van der Waals surface area contributed by atoms with E-state index in [1.165, 1.54) is 0 Å². The maximum atomic E-state index is 4.87. The number of nitrogens with one attached hydrogen (secondary N) is 1. The molecule has 52 valence electrons. The first kappa shape index (κ1) is 6.51. The molecule has 1 rings (SSSR count). The largest absolute Gasteiger partial charge is 0.381 e. The number of hydrogen-bond donors (Lipinski definition) is 1. The Labute approximate surface area is 54.5 Å². The number of hydrogen-bond acceptors (Lipinski definition) is 4. The SMILES string of the molecule is COCC1N=CN(C)N1. The van der Waals surface area contributed by atoms with Crippen LogP contribution in [0.3, 0.4) is 0 Å². The van der Waals surface area contributed by atoms with Gasteiger partial charge in [-0.3, -0.25) is 10.0 Å². The minimum Gasteiger partial charge on any atom is -0.381 e. The van der Waals surface area contributed by atoms with Crippen molar-refractivity contribution < 1.29 is 4.74 Å². The van der Waals surface area contributed by atoms with Gasteiger partial charge in [0.2, 0.25) is 0 Å². The van der Waals surface area contributed by atoms with Gasteiger partial charge in [-0.25, -0.2) is 5.43 Å². The molecule has 0 aromatic heterocycles. The van der Waals surface area contributed by atoms with Crippen LogP contribution in [0.4, 0.5) is 0 Å². The summed E-state index contributed by atoms with van der Waals surface area (Å²) in [5, 5.41) is 1.81. The molecule has 1 heterocycles. The monoisotopic (exact) mass is 129 g/mol. The van der Waals surface area contributed by atoms with Crippen LogP contribution in [0.25, 0.3) is 0 Å². The summed E-state index contributed by atoms with van der Waals surface area (Å²) in [5.41, 5.74) is 3.04. The normalized spacial score (nSPS) is 25.6. The minimum absolute atomic E-state index is 0.111. The number of rotatable bonds is 2. The van der Waals surface area contributed by atoms with Gasteiger partial charge in [0.05, 0.1) is 6.61 Å². The Morgan fingerprint density at radius 1 is 1.89 bits per heavy atom. The minimum atomic E-state index is 0.111. The predicted octanol–water partition coefficient (Wildman–Crippen LogP) is -0.563. The molecule has 1 atom stereocenters. The zero-order chi connectivity index (χ0) is 6.69. The zero-order valence-electron chi connectivity index (χ0n) is 5.66. The molecular weight excluding hydrogens is 118 g/mol. The first-order valence-corrected chi connectivity index (χ1v) is 2.84. The third-order valence-corrected chi connectivity index (χ3v) is 1.10. The number of ether oxygens (including phenoxy) is 1. The van der Waals surface area contributed by atoms with E-state index in [1.54, 1.807) is 13.4 Å². The summed E-state index contributed by atoms with van der Waals surface area (Å²) < 4.78 is 4.87. The Hall–Kier alpha value is -0.610. The van der Waals surface area contributed by atoms with E-state index in [-0.39, 0.29) is 6.17 Å². The molecule has 0 aliphatic carbocycles. The summed E-state index contributed by atoms with van der Waals surface area (Å²) in [6, 6.07) is 0. The lowest BCUT2D eigenvalue weighted by Crippen LogP contribution is -2.36. The Morgan fingerprint density at radius 2 is 2.67 bits per heavy atom. The average Bonchev–Trinajstić information content (AvgIpc) is 2.17. The van der Waals surface area contributed by atoms with Crippen molar-refractivity contribution in [3.05, 3.63) is 0 Å². The number of nitrogens with zero attached hydrogens (tertiary/aromatic N) is 2. The highest BCUT2D eigenvalue weighted by Crippen LogP contribution is 1.93. The van der Waals surface area contributed by atoms with Crippen molar-refractivity contribution >= 4 is 6.34 Å². The van der Waals surface area contributed by atoms with Crippen LogP contribution >= 0.6 is 0 Å². The molecule has 0 spiro atoms. The van der Waals surface area contributed by atoms with Gasteiger partial charge in [0.25, 0.3) is 0 Å². The molecule has 0 aromatic rings. The van der Waals surface area contributed by atoms with Gasteiger partial charge in [-0.05, 0) is 0 Å². The molecule has 0 aromatic carbocycles. The molecule has 9 heavy (non-hydrogen) atoms. The van der Waals surface area contributed by atoms with Crippen LogP contribution in [0.1, 0.15) is 0 Å². The molecule has 4 heteroatoms. The van der Waals surface area contributed by atoms with E-state index in [2.05, 4.69) is 10.4 Å². The summed E-state index contributed by atoms with van der Waals surface area (Å²) in [5.74, 6) is 0. The molecule has 1 aliphatic rings. The molecule has 1 unspecified atom stereocenters. The van der Waals surface area contributed by atoms with E-state index >= 15 is 0 Å². The molecule has 1 aliphatic heterocycles. The summed E-state index contributed by atoms with van der Waals surface area (Å²) >= 11 is 0. The van der Waals surface area contributed by atoms with Crippen LogP contribution in [-0.2, 0) is 4.74 Å². The van der Waals surface area contributed by atoms with Gasteiger partial charge < -0.3 is 4.74 Å². The number of methoxy groups -OCH3 is 1. The van der Waals surface area contributed by atoms with Gasteiger partial charge in [0.15, 0.2) is 0 Å². The van der Waals surface area contributed by atoms with Crippen LogP contribution in [0.15, 0.2) is 4.99 Å². The fourth-order valence-electron chi connectivity index (χ4n) is 0.720. The highest BCUT2D eigenvalue weighted by atomic mass is 16.5. The number of hydrazine groups is 1. The second-order valence-electron chi connectivity index (χ2n) is 1.98. The van der Waals surface area contributed by atoms with Gasteiger partial charge in [0, 0.05) is 14.2 Å². The van der Waals surface area contributed by atoms with Crippen molar-refractivity contribution in [3.63, 3.8) is 0 Å². The quantitative estimate of drug-likeness (QED) is 0.543. The fraction of sp³-hybridized carbons (Fsp3) is 0.800. The van der Waals surface area contributed by atoms with Gasteiger partial charge in [-0.2, -0.15) is 0 Å². The van der Waals surface area contributed by atoms with Crippen molar-refractivity contribution in [1.29, 1.82) is 0 Å². The van der Waals surface area contributed by atoms with Crippen LogP contribution in [0.5, 0.6) is 0 Å². The van der Waals surface area contributed by atoms with Crippen molar-refractivity contribution in [3.8, 4) is 0 Å². The van der Waals surface area contributed by atoms with E-state index in [0.29, 0.717) is 6.61 Å². The van der Waals surface area contributed by atoms with Gasteiger partial charge in [0.1, 0.15) is 12.5 Å². The molecule has 0 fully saturated rings. The summed E-state index contributed by atoms with van der Waals surface area (Å²) in [6.45, 7) is 0.626. The molecule has 4 nitrogen and oxygen atoms in total. The van der Waals surface area contributed by atoms with Crippen LogP contribution in [-0.4, -0.2) is 38.3 Å². The van der Waals surface area contributed by atoms with E-state index in [1.807, 2.05) is 12.1 Å². The predicted molar refractivity (Wildman–Crippen MR) is 35.1 cm³/mol. The molecule has 0 radical (unpaired) electrons. The maximum Gasteiger partial charge on any atom is 0.141 e. The lowest BCUT2D eigenvalue weighted by atomic mass is 10.6. The van der Waals surface area contributed by atoms with Crippen LogP contribution in [0.2, 0.25) is 0 Å². The third-order valence-electron chi connectivity index (χ3n) is 1.10. The first-order valence-electron chi connectivity index (χ1n) is 2.84. The second-order valence-corrected chi connectivity index (χ2v) is 1.98. The third kappa shape index (κ3) is 1.65. The van der Waals surface area contributed by atoms with Gasteiger partial charge >= 0.3 is 0 Å². The zero-order valence-corrected chi connectivity index (χ0v) is 5.66. The standard InChI is InChI=1S/C5H11N3O/c1-8-4-6-5(7-8)3-9-2/h4-5,7H,3H2,1-2H3. The Balaban J connectivity index is 2.24. The molecule has 0 saturated heterocycles. The van der Waals surface area contributed by atoms with Crippen LogP contribution in [0, 0.1) is 0 Å². The molecular formula is C5H11N3O. The smallest absolute Gasteiger partial charge is 0.141 e. The Morgan fingerprint density at radius 3 is 3.11 bits per heavy atom. The van der Waals surface area contributed by atoms with E-state index in [9.17, 15) is 0 Å². The Kier molecular flexibility index (Phi) is 2.02. The van der Waals surface area contributed by atoms with Crippen molar-refractivity contribution in [2.75, 3.05) is 20.8 Å². The highest BCUT2D eigenvalue weighted by molar-refractivity contribution is 5.55. The summed E-state index contributed by atoms with van der Waals surface area (Å²) in [6.07, 6.45) is 1.85. The summed E-state index contributed by atoms with van der Waals surface area (Å²) in [7, 11) is 3.56. The second kappa shape index (κ2) is 2.80. The summed E-state index contributed by atoms with van der Waals surface area (Å²) in [4.78, 5) is 4.07. The molecule has 0 bridgehead atoms. The lowest BCUT2D eigenvalue weighted by molar-refractivity contribution is 0.155. The first-order chi connectivity index (χ1) is 4.33. The van der Waals surface area contributed by atoms with Crippen molar-refractivity contribution in [2.45, 2.75) is 6.17 Å². The molecule has 0 saturated carbocycles. The van der Waals surface area contributed by atoms with E-state index in [0.717, 1.165) is 0 Å².